The van der Waals surface area contributed by atoms with E-state index in [1.54, 1.807) is 11.3 Å². The average molecular weight is 477 g/mol. The number of benzene rings is 1. The number of rotatable bonds is 5. The Morgan fingerprint density at radius 2 is 1.62 bits per heavy atom. The summed E-state index contributed by atoms with van der Waals surface area (Å²) in [5.74, 6) is 0.140. The van der Waals surface area contributed by atoms with E-state index in [-0.39, 0.29) is 11.8 Å². The fourth-order valence-electron chi connectivity index (χ4n) is 5.08. The average Bonchev–Trinajstić information content (AvgIpc) is 3.49. The zero-order chi connectivity index (χ0) is 23.7. The molecule has 34 heavy (non-hydrogen) atoms. The van der Waals surface area contributed by atoms with Crippen LogP contribution in [0.3, 0.4) is 0 Å². The lowest BCUT2D eigenvalue weighted by Gasteiger charge is -2.34. The zero-order valence-electron chi connectivity index (χ0n) is 20.0. The number of amides is 2. The van der Waals surface area contributed by atoms with Gasteiger partial charge >= 0.3 is 0 Å². The topological polar surface area (TPSA) is 57.6 Å². The lowest BCUT2D eigenvalue weighted by atomic mass is 9.95. The highest BCUT2D eigenvalue weighted by atomic mass is 32.1. The molecule has 0 radical (unpaired) electrons. The van der Waals surface area contributed by atoms with E-state index in [4.69, 9.17) is 0 Å². The minimum Gasteiger partial charge on any atom is -0.336 e. The molecule has 1 fully saturated rings. The molecule has 5 rings (SSSR count). The molecule has 1 N–H and O–H groups in total. The molecule has 6 nitrogen and oxygen atoms in total. The molecule has 1 aromatic carbocycles. The highest BCUT2D eigenvalue weighted by Gasteiger charge is 2.31. The number of carbonyl (C=O) groups excluding carboxylic acids is 2. The van der Waals surface area contributed by atoms with Crippen LogP contribution in [0.1, 0.15) is 44.8 Å². The number of anilines is 1. The molecule has 3 heterocycles. The first-order valence-electron chi connectivity index (χ1n) is 12.2. The Kier molecular flexibility index (Phi) is 6.57. The lowest BCUT2D eigenvalue weighted by Crippen LogP contribution is -2.50. The number of aromatic nitrogens is 1. The second kappa shape index (κ2) is 9.76. The third-order valence-corrected chi connectivity index (χ3v) is 8.28. The Bertz CT molecular complexity index is 1170. The summed E-state index contributed by atoms with van der Waals surface area (Å²) in [5.41, 5.74) is 5.21. The van der Waals surface area contributed by atoms with Gasteiger partial charge in [0.25, 0.3) is 5.91 Å². The number of aryl methyl sites for hydroxylation is 3. The molecule has 7 heteroatoms. The van der Waals surface area contributed by atoms with Crippen molar-refractivity contribution in [2.75, 3.05) is 38.0 Å². The number of hydrogen-bond acceptors (Lipinski definition) is 4. The fraction of sp³-hybridized carbons (Fsp3) is 0.407. The molecule has 3 aromatic rings. The summed E-state index contributed by atoms with van der Waals surface area (Å²) in [6.07, 6.45) is 8.48. The van der Waals surface area contributed by atoms with Gasteiger partial charge in [-0.25, -0.2) is 0 Å². The van der Waals surface area contributed by atoms with Crippen LogP contribution in [0.5, 0.6) is 0 Å². The van der Waals surface area contributed by atoms with E-state index < -0.39 is 0 Å². The predicted octanol–water partition coefficient (Wildman–Crippen LogP) is 4.43. The number of fused-ring (bicyclic) bond motifs is 1. The van der Waals surface area contributed by atoms with E-state index in [0.29, 0.717) is 32.7 Å². The third kappa shape index (κ3) is 4.55. The van der Waals surface area contributed by atoms with Gasteiger partial charge in [-0.3, -0.25) is 14.5 Å². The Morgan fingerprint density at radius 3 is 2.32 bits per heavy atom. The summed E-state index contributed by atoms with van der Waals surface area (Å²) in [6, 6.07) is 10.0. The Balaban J connectivity index is 1.25. The first kappa shape index (κ1) is 22.9. The molecule has 0 unspecified atom stereocenters. The summed E-state index contributed by atoms with van der Waals surface area (Å²) in [6.45, 7) is 7.07. The van der Waals surface area contributed by atoms with Crippen LogP contribution in [-0.4, -0.2) is 58.9 Å². The van der Waals surface area contributed by atoms with Gasteiger partial charge in [-0.15, -0.1) is 11.3 Å². The maximum Gasteiger partial charge on any atom is 0.257 e. The standard InChI is InChI=1S/C27H32N4O2S/c1-19-8-7-9-20(2)25(19)28-23(32)18-29-14-16-30(17-15-29)26(33)24-21-10-3-4-11-22(21)34-27(24)31-12-5-6-13-31/h5-9,12-13H,3-4,10-11,14-18H2,1-2H3,(H,28,32). The van der Waals surface area contributed by atoms with Gasteiger partial charge in [0.1, 0.15) is 5.00 Å². The summed E-state index contributed by atoms with van der Waals surface area (Å²) in [5, 5.41) is 4.13. The lowest BCUT2D eigenvalue weighted by molar-refractivity contribution is -0.117. The van der Waals surface area contributed by atoms with Crippen LogP contribution in [0.15, 0.2) is 42.7 Å². The van der Waals surface area contributed by atoms with Gasteiger partial charge < -0.3 is 14.8 Å². The van der Waals surface area contributed by atoms with Crippen LogP contribution in [0, 0.1) is 13.8 Å². The van der Waals surface area contributed by atoms with E-state index in [9.17, 15) is 9.59 Å². The molecule has 2 aliphatic rings. The number of para-hydroxylation sites is 1. The van der Waals surface area contributed by atoms with Crippen molar-refractivity contribution in [2.45, 2.75) is 39.5 Å². The third-order valence-electron chi connectivity index (χ3n) is 6.98. The molecule has 1 aliphatic carbocycles. The van der Waals surface area contributed by atoms with Crippen LogP contribution in [0.2, 0.25) is 0 Å². The second-order valence-corrected chi connectivity index (χ2v) is 10.4. The Hall–Kier alpha value is -2.90. The van der Waals surface area contributed by atoms with Crippen molar-refractivity contribution in [1.82, 2.24) is 14.4 Å². The number of carbonyl (C=O) groups is 2. The molecule has 0 bridgehead atoms. The number of thiophene rings is 1. The number of nitrogens with zero attached hydrogens (tertiary/aromatic N) is 3. The van der Waals surface area contributed by atoms with Crippen LogP contribution in [0.25, 0.3) is 5.00 Å². The van der Waals surface area contributed by atoms with E-state index in [0.717, 1.165) is 46.6 Å². The van der Waals surface area contributed by atoms with Crippen molar-refractivity contribution >= 4 is 28.8 Å². The molecule has 2 aromatic heterocycles. The SMILES string of the molecule is Cc1cccc(C)c1NC(=O)CN1CCN(C(=O)c2c(-n3cccc3)sc3c2CCCC3)CC1. The van der Waals surface area contributed by atoms with Gasteiger partial charge in [-0.1, -0.05) is 18.2 Å². The summed E-state index contributed by atoms with van der Waals surface area (Å²) in [7, 11) is 0. The first-order valence-corrected chi connectivity index (χ1v) is 13.0. The van der Waals surface area contributed by atoms with Crippen molar-refractivity contribution in [3.8, 4) is 5.00 Å². The number of piperazine rings is 1. The van der Waals surface area contributed by atoms with Crippen molar-refractivity contribution < 1.29 is 9.59 Å². The second-order valence-electron chi connectivity index (χ2n) is 9.36. The molecule has 0 saturated carbocycles. The molecule has 0 spiro atoms. The van der Waals surface area contributed by atoms with Crippen molar-refractivity contribution in [3.63, 3.8) is 0 Å². The smallest absolute Gasteiger partial charge is 0.257 e. The van der Waals surface area contributed by atoms with E-state index in [1.807, 2.05) is 61.5 Å². The number of hydrogen-bond donors (Lipinski definition) is 1. The summed E-state index contributed by atoms with van der Waals surface area (Å²) >= 11 is 1.78. The number of nitrogens with one attached hydrogen (secondary N) is 1. The van der Waals surface area contributed by atoms with Crippen LogP contribution >= 0.6 is 11.3 Å². The van der Waals surface area contributed by atoms with E-state index >= 15 is 0 Å². The Morgan fingerprint density at radius 1 is 0.941 bits per heavy atom. The molecular formula is C27H32N4O2S. The molecule has 1 saturated heterocycles. The van der Waals surface area contributed by atoms with Gasteiger partial charge in [0, 0.05) is 49.1 Å². The van der Waals surface area contributed by atoms with Crippen molar-refractivity contribution in [1.29, 1.82) is 0 Å². The van der Waals surface area contributed by atoms with Gasteiger partial charge in [0.2, 0.25) is 5.91 Å². The first-order chi connectivity index (χ1) is 16.5. The van der Waals surface area contributed by atoms with Crippen molar-refractivity contribution in [2.24, 2.45) is 0 Å². The van der Waals surface area contributed by atoms with Crippen LogP contribution in [-0.2, 0) is 17.6 Å². The molecule has 1 aliphatic heterocycles. The molecule has 178 valence electrons. The van der Waals surface area contributed by atoms with Crippen LogP contribution < -0.4 is 5.32 Å². The quantitative estimate of drug-likeness (QED) is 0.593. The zero-order valence-corrected chi connectivity index (χ0v) is 20.8. The monoisotopic (exact) mass is 476 g/mol. The van der Waals surface area contributed by atoms with E-state index in [2.05, 4.69) is 14.8 Å². The Labute approximate surface area is 205 Å². The van der Waals surface area contributed by atoms with Crippen LogP contribution in [0.4, 0.5) is 5.69 Å². The predicted molar refractivity (Wildman–Crippen MR) is 137 cm³/mol. The maximum atomic E-state index is 13.7. The normalized spacial score (nSPS) is 16.4. The fourth-order valence-corrected chi connectivity index (χ4v) is 6.43. The molecule has 0 atom stereocenters. The minimum atomic E-state index is -0.000949. The largest absolute Gasteiger partial charge is 0.336 e. The maximum absolute atomic E-state index is 13.7. The summed E-state index contributed by atoms with van der Waals surface area (Å²) < 4.78 is 2.09. The minimum absolute atomic E-state index is 0.000949. The van der Waals surface area contributed by atoms with Gasteiger partial charge in [0.15, 0.2) is 0 Å². The van der Waals surface area contributed by atoms with Gasteiger partial charge in [-0.05, 0) is 68.4 Å². The highest BCUT2D eigenvalue weighted by molar-refractivity contribution is 7.15. The molecule has 2 amide bonds. The summed E-state index contributed by atoms with van der Waals surface area (Å²) in [4.78, 5) is 31.9. The van der Waals surface area contributed by atoms with Gasteiger partial charge in [0.05, 0.1) is 12.1 Å². The highest BCUT2D eigenvalue weighted by Crippen LogP contribution is 2.37. The van der Waals surface area contributed by atoms with Crippen molar-refractivity contribution in [3.05, 3.63) is 69.9 Å². The molecular weight excluding hydrogens is 444 g/mol. The van der Waals surface area contributed by atoms with E-state index in [1.165, 1.54) is 16.9 Å². The van der Waals surface area contributed by atoms with Gasteiger partial charge in [-0.2, -0.15) is 0 Å².